The monoisotopic (exact) mass is 167 g/mol. The van der Waals surface area contributed by atoms with Crippen LogP contribution < -0.4 is 0 Å². The Morgan fingerprint density at radius 2 is 2.25 bits per heavy atom. The molecule has 12 heavy (non-hydrogen) atoms. The van der Waals surface area contributed by atoms with E-state index >= 15 is 0 Å². The van der Waals surface area contributed by atoms with E-state index in [0.29, 0.717) is 6.04 Å². The molecule has 3 nitrogen and oxygen atoms in total. The van der Waals surface area contributed by atoms with Gasteiger partial charge >= 0.3 is 0 Å². The number of nitriles is 1. The van der Waals surface area contributed by atoms with Gasteiger partial charge in [-0.05, 0) is 27.4 Å². The van der Waals surface area contributed by atoms with Crippen molar-refractivity contribution in [2.75, 3.05) is 27.2 Å². The molecule has 68 valence electrons. The summed E-state index contributed by atoms with van der Waals surface area (Å²) in [6.45, 7) is 4.08. The zero-order valence-electron chi connectivity index (χ0n) is 8.12. The highest BCUT2D eigenvalue weighted by molar-refractivity contribution is 4.93. The molecule has 1 aliphatic rings. The summed E-state index contributed by atoms with van der Waals surface area (Å²) in [4.78, 5) is 4.48. The molecule has 3 heteroatoms. The van der Waals surface area contributed by atoms with Gasteiger partial charge in [0.25, 0.3) is 0 Å². The van der Waals surface area contributed by atoms with Gasteiger partial charge in [0.15, 0.2) is 0 Å². The second kappa shape index (κ2) is 3.88. The van der Waals surface area contributed by atoms with Gasteiger partial charge in [-0.3, -0.25) is 4.90 Å². The van der Waals surface area contributed by atoms with Crippen molar-refractivity contribution in [3.05, 3.63) is 0 Å². The van der Waals surface area contributed by atoms with Crippen LogP contribution in [0.15, 0.2) is 0 Å². The maximum absolute atomic E-state index is 8.71. The van der Waals surface area contributed by atoms with E-state index in [-0.39, 0.29) is 6.04 Å². The predicted octanol–water partition coefficient (Wildman–Crippen LogP) is 0.534. The summed E-state index contributed by atoms with van der Waals surface area (Å²) in [5, 5.41) is 8.71. The van der Waals surface area contributed by atoms with Crippen LogP contribution in [0, 0.1) is 11.3 Å². The highest BCUT2D eigenvalue weighted by atomic mass is 15.2. The number of nitrogens with zero attached hydrogens (tertiary/aromatic N) is 3. The van der Waals surface area contributed by atoms with Gasteiger partial charge in [-0.2, -0.15) is 5.26 Å². The van der Waals surface area contributed by atoms with Crippen LogP contribution in [0.3, 0.4) is 0 Å². The lowest BCUT2D eigenvalue weighted by molar-refractivity contribution is 0.253. The van der Waals surface area contributed by atoms with Crippen LogP contribution in [0.4, 0.5) is 0 Å². The summed E-state index contributed by atoms with van der Waals surface area (Å²) < 4.78 is 0. The van der Waals surface area contributed by atoms with E-state index in [9.17, 15) is 0 Å². The van der Waals surface area contributed by atoms with Crippen molar-refractivity contribution < 1.29 is 0 Å². The lowest BCUT2D eigenvalue weighted by Crippen LogP contribution is -2.35. The van der Waals surface area contributed by atoms with Crippen molar-refractivity contribution in [1.29, 1.82) is 5.26 Å². The fourth-order valence-electron chi connectivity index (χ4n) is 1.62. The van der Waals surface area contributed by atoms with Crippen LogP contribution in [0.5, 0.6) is 0 Å². The fourth-order valence-corrected chi connectivity index (χ4v) is 1.62. The Morgan fingerprint density at radius 3 is 2.67 bits per heavy atom. The quantitative estimate of drug-likeness (QED) is 0.601. The maximum atomic E-state index is 8.71. The van der Waals surface area contributed by atoms with Gasteiger partial charge in [-0.1, -0.05) is 0 Å². The summed E-state index contributed by atoms with van der Waals surface area (Å²) in [6.07, 6.45) is 1.19. The molecule has 0 aromatic heterocycles. The molecule has 0 N–H and O–H groups in total. The third-order valence-corrected chi connectivity index (χ3v) is 2.66. The summed E-state index contributed by atoms with van der Waals surface area (Å²) in [5.74, 6) is 0. The van der Waals surface area contributed by atoms with Crippen molar-refractivity contribution in [2.24, 2.45) is 0 Å². The first-order valence-electron chi connectivity index (χ1n) is 4.45. The first kappa shape index (κ1) is 9.50. The number of likely N-dealkylation sites (N-methyl/N-ethyl adjacent to an activating group) is 1. The number of likely N-dealkylation sites (tertiary alicyclic amines) is 1. The molecule has 0 amide bonds. The van der Waals surface area contributed by atoms with Crippen LogP contribution in [-0.2, 0) is 0 Å². The molecule has 0 aromatic carbocycles. The summed E-state index contributed by atoms with van der Waals surface area (Å²) >= 11 is 0. The predicted molar refractivity (Wildman–Crippen MR) is 48.7 cm³/mol. The Bertz CT molecular complexity index is 183. The zero-order valence-corrected chi connectivity index (χ0v) is 8.12. The summed E-state index contributed by atoms with van der Waals surface area (Å²) in [5.41, 5.74) is 0. The van der Waals surface area contributed by atoms with Gasteiger partial charge in [0.1, 0.15) is 0 Å². The molecule has 0 bridgehead atoms. The third-order valence-electron chi connectivity index (χ3n) is 2.66. The average molecular weight is 167 g/mol. The molecule has 0 saturated carbocycles. The molecule has 1 aliphatic heterocycles. The third kappa shape index (κ3) is 1.96. The molecule has 0 radical (unpaired) electrons. The van der Waals surface area contributed by atoms with E-state index in [1.54, 1.807) is 0 Å². The standard InChI is InChI=1S/C9H17N3/c1-8(6-10)12-5-4-9(7-12)11(2)3/h8-9H,4-5,7H2,1-3H3. The van der Waals surface area contributed by atoms with Crippen LogP contribution in [0.25, 0.3) is 0 Å². The molecule has 0 spiro atoms. The minimum Gasteiger partial charge on any atom is -0.305 e. The second-order valence-electron chi connectivity index (χ2n) is 3.71. The molecule has 0 aromatic rings. The minimum atomic E-state index is 0.0787. The first-order chi connectivity index (χ1) is 5.65. The van der Waals surface area contributed by atoms with Crippen LogP contribution in [-0.4, -0.2) is 49.1 Å². The number of hydrogen-bond donors (Lipinski definition) is 0. The molecule has 2 atom stereocenters. The van der Waals surface area contributed by atoms with Crippen molar-refractivity contribution in [3.63, 3.8) is 0 Å². The summed E-state index contributed by atoms with van der Waals surface area (Å²) in [7, 11) is 4.20. The van der Waals surface area contributed by atoms with E-state index in [1.807, 2.05) is 6.92 Å². The smallest absolute Gasteiger partial charge is 0.0949 e. The highest BCUT2D eigenvalue weighted by Crippen LogP contribution is 2.15. The Hall–Kier alpha value is -0.590. The van der Waals surface area contributed by atoms with Gasteiger partial charge in [0, 0.05) is 19.1 Å². The molecule has 1 rings (SSSR count). The van der Waals surface area contributed by atoms with Crippen LogP contribution in [0.1, 0.15) is 13.3 Å². The lowest BCUT2D eigenvalue weighted by Gasteiger charge is -2.21. The molecule has 2 unspecified atom stereocenters. The van der Waals surface area contributed by atoms with Crippen molar-refractivity contribution in [3.8, 4) is 6.07 Å². The first-order valence-corrected chi connectivity index (χ1v) is 4.45. The van der Waals surface area contributed by atoms with E-state index in [0.717, 1.165) is 13.1 Å². The van der Waals surface area contributed by atoms with Gasteiger partial charge in [0.05, 0.1) is 12.1 Å². The van der Waals surface area contributed by atoms with E-state index in [4.69, 9.17) is 5.26 Å². The van der Waals surface area contributed by atoms with Crippen molar-refractivity contribution >= 4 is 0 Å². The van der Waals surface area contributed by atoms with Gasteiger partial charge in [-0.15, -0.1) is 0 Å². The summed E-state index contributed by atoms with van der Waals surface area (Å²) in [6, 6.07) is 2.99. The van der Waals surface area contributed by atoms with E-state index < -0.39 is 0 Å². The Balaban J connectivity index is 2.41. The second-order valence-corrected chi connectivity index (χ2v) is 3.71. The van der Waals surface area contributed by atoms with Gasteiger partial charge in [-0.25, -0.2) is 0 Å². The zero-order chi connectivity index (χ0) is 9.14. The maximum Gasteiger partial charge on any atom is 0.0949 e. The van der Waals surface area contributed by atoms with Gasteiger partial charge in [0.2, 0.25) is 0 Å². The van der Waals surface area contributed by atoms with E-state index in [1.165, 1.54) is 6.42 Å². The lowest BCUT2D eigenvalue weighted by atomic mass is 10.2. The molecule has 1 saturated heterocycles. The molecule has 1 fully saturated rings. The number of hydrogen-bond acceptors (Lipinski definition) is 3. The molecule has 1 heterocycles. The van der Waals surface area contributed by atoms with Crippen LogP contribution >= 0.6 is 0 Å². The fraction of sp³-hybridized carbons (Fsp3) is 0.889. The molecular weight excluding hydrogens is 150 g/mol. The minimum absolute atomic E-state index is 0.0787. The van der Waals surface area contributed by atoms with E-state index in [2.05, 4.69) is 30.0 Å². The van der Waals surface area contributed by atoms with Gasteiger partial charge < -0.3 is 4.90 Å². The Kier molecular flexibility index (Phi) is 3.07. The SMILES string of the molecule is CC(C#N)N1CCC(N(C)C)C1. The highest BCUT2D eigenvalue weighted by Gasteiger charge is 2.26. The van der Waals surface area contributed by atoms with Crippen molar-refractivity contribution in [2.45, 2.75) is 25.4 Å². The average Bonchev–Trinajstić information content (AvgIpc) is 2.51. The number of rotatable bonds is 2. The topological polar surface area (TPSA) is 30.3 Å². The Labute approximate surface area is 74.6 Å². The normalized spacial score (nSPS) is 27.4. The molecule has 0 aliphatic carbocycles. The molecular formula is C9H17N3. The largest absolute Gasteiger partial charge is 0.305 e. The Morgan fingerprint density at radius 1 is 1.58 bits per heavy atom. The van der Waals surface area contributed by atoms with Crippen molar-refractivity contribution in [1.82, 2.24) is 9.80 Å². The van der Waals surface area contributed by atoms with Crippen LogP contribution in [0.2, 0.25) is 0 Å².